The Morgan fingerprint density at radius 1 is 1.29 bits per heavy atom. The van der Waals surface area contributed by atoms with E-state index in [0.717, 1.165) is 5.56 Å². The van der Waals surface area contributed by atoms with Crippen LogP contribution in [0.5, 0.6) is 17.2 Å². The van der Waals surface area contributed by atoms with E-state index in [0.29, 0.717) is 45.6 Å². The van der Waals surface area contributed by atoms with Crippen molar-refractivity contribution in [3.8, 4) is 17.2 Å². The lowest BCUT2D eigenvalue weighted by Crippen LogP contribution is -2.12. The van der Waals surface area contributed by atoms with Crippen molar-refractivity contribution < 1.29 is 28.5 Å². The van der Waals surface area contributed by atoms with Crippen molar-refractivity contribution in [2.45, 2.75) is 26.9 Å². The number of allylic oxidation sites excluding steroid dienone is 1. The first-order chi connectivity index (χ1) is 13.5. The molecule has 2 heterocycles. The molecule has 0 saturated heterocycles. The molecule has 0 aliphatic carbocycles. The molecule has 28 heavy (non-hydrogen) atoms. The van der Waals surface area contributed by atoms with Crippen LogP contribution in [0.4, 0.5) is 0 Å². The molecule has 0 spiro atoms. The van der Waals surface area contributed by atoms with Gasteiger partial charge in [0.25, 0.3) is 0 Å². The zero-order chi connectivity index (χ0) is 19.8. The standard InChI is InChI=1S/C21H17ClO6/c1-3-18(23)27-15-4-11(2)19-16(8-15)28-17(20(19)24)7-12-5-14(22)6-13-9-25-10-26-21(12)13/h4-8H,3,9-10H2,1-2H3/b17-7-. The lowest BCUT2D eigenvalue weighted by molar-refractivity contribution is -0.134. The fourth-order valence-electron chi connectivity index (χ4n) is 3.20. The van der Waals surface area contributed by atoms with Crippen LogP contribution < -0.4 is 14.2 Å². The molecule has 0 bridgehead atoms. The second-order valence-corrected chi connectivity index (χ2v) is 6.91. The van der Waals surface area contributed by atoms with Crippen molar-refractivity contribution in [2.75, 3.05) is 6.79 Å². The van der Waals surface area contributed by atoms with Crippen LogP contribution in [0.3, 0.4) is 0 Å². The average Bonchev–Trinajstić information content (AvgIpc) is 2.97. The highest BCUT2D eigenvalue weighted by Gasteiger charge is 2.31. The highest BCUT2D eigenvalue weighted by Crippen LogP contribution is 2.39. The SMILES string of the molecule is CCC(=O)Oc1cc(C)c2c(c1)O/C(=C\c1cc(Cl)cc3c1OCOC3)C2=O. The molecule has 6 nitrogen and oxygen atoms in total. The summed E-state index contributed by atoms with van der Waals surface area (Å²) in [6.07, 6.45) is 1.86. The molecule has 0 unspecified atom stereocenters. The van der Waals surface area contributed by atoms with E-state index < -0.39 is 0 Å². The summed E-state index contributed by atoms with van der Waals surface area (Å²) in [6.45, 7) is 3.99. The van der Waals surface area contributed by atoms with Gasteiger partial charge in [0, 0.05) is 28.6 Å². The highest BCUT2D eigenvalue weighted by molar-refractivity contribution is 6.31. The molecule has 0 amide bonds. The number of carbonyl (C=O) groups excluding carboxylic acids is 2. The summed E-state index contributed by atoms with van der Waals surface area (Å²) in [4.78, 5) is 24.4. The molecule has 144 valence electrons. The van der Waals surface area contributed by atoms with Crippen LogP contribution in [-0.2, 0) is 16.1 Å². The summed E-state index contributed by atoms with van der Waals surface area (Å²) in [6, 6.07) is 6.67. The molecule has 4 rings (SSSR count). The number of ketones is 1. The summed E-state index contributed by atoms with van der Waals surface area (Å²) in [7, 11) is 0. The number of hydrogen-bond acceptors (Lipinski definition) is 6. The number of benzene rings is 2. The van der Waals surface area contributed by atoms with Gasteiger partial charge >= 0.3 is 5.97 Å². The van der Waals surface area contributed by atoms with Crippen molar-refractivity contribution in [1.82, 2.24) is 0 Å². The molecule has 0 saturated carbocycles. The van der Waals surface area contributed by atoms with Crippen molar-refractivity contribution in [2.24, 2.45) is 0 Å². The van der Waals surface area contributed by atoms with Gasteiger partial charge in [-0.05, 0) is 36.8 Å². The molecule has 2 aliphatic heterocycles. The molecule has 7 heteroatoms. The van der Waals surface area contributed by atoms with E-state index in [4.69, 9.17) is 30.5 Å². The molecule has 0 aromatic heterocycles. The molecule has 0 N–H and O–H groups in total. The van der Waals surface area contributed by atoms with E-state index in [2.05, 4.69) is 0 Å². The van der Waals surface area contributed by atoms with Crippen LogP contribution in [0.25, 0.3) is 6.08 Å². The quantitative estimate of drug-likeness (QED) is 0.430. The summed E-state index contributed by atoms with van der Waals surface area (Å²) < 4.78 is 21.9. The van der Waals surface area contributed by atoms with E-state index in [1.807, 2.05) is 0 Å². The minimum Gasteiger partial charge on any atom is -0.467 e. The molecular formula is C21H17ClO6. The van der Waals surface area contributed by atoms with Gasteiger partial charge in [0.1, 0.15) is 17.2 Å². The number of ether oxygens (including phenoxy) is 4. The number of Topliss-reactive ketones (excluding diaryl/α,β-unsaturated/α-hetero) is 1. The first-order valence-electron chi connectivity index (χ1n) is 8.78. The van der Waals surface area contributed by atoms with E-state index in [9.17, 15) is 9.59 Å². The summed E-state index contributed by atoms with van der Waals surface area (Å²) in [5.41, 5.74) is 2.56. The zero-order valence-electron chi connectivity index (χ0n) is 15.3. The van der Waals surface area contributed by atoms with Crippen LogP contribution in [0.2, 0.25) is 5.02 Å². The molecular weight excluding hydrogens is 384 g/mol. The minimum absolute atomic E-state index is 0.130. The number of carbonyl (C=O) groups is 2. The molecule has 2 aromatic rings. The monoisotopic (exact) mass is 400 g/mol. The third-order valence-electron chi connectivity index (χ3n) is 4.45. The van der Waals surface area contributed by atoms with Crippen LogP contribution in [-0.4, -0.2) is 18.5 Å². The first-order valence-corrected chi connectivity index (χ1v) is 9.16. The second-order valence-electron chi connectivity index (χ2n) is 6.47. The van der Waals surface area contributed by atoms with E-state index in [1.54, 1.807) is 44.2 Å². The second kappa shape index (κ2) is 7.30. The lowest BCUT2D eigenvalue weighted by Gasteiger charge is -2.20. The normalized spacial score (nSPS) is 16.2. The maximum atomic E-state index is 12.9. The van der Waals surface area contributed by atoms with Gasteiger partial charge in [-0.2, -0.15) is 0 Å². The Kier molecular flexibility index (Phi) is 4.83. The van der Waals surface area contributed by atoms with E-state index >= 15 is 0 Å². The third kappa shape index (κ3) is 3.37. The van der Waals surface area contributed by atoms with Gasteiger partial charge in [0.05, 0.1) is 12.2 Å². The average molecular weight is 401 g/mol. The molecule has 2 aromatic carbocycles. The van der Waals surface area contributed by atoms with Crippen molar-refractivity contribution >= 4 is 29.4 Å². The van der Waals surface area contributed by atoms with Gasteiger partial charge in [-0.25, -0.2) is 0 Å². The number of rotatable bonds is 3. The van der Waals surface area contributed by atoms with Crippen LogP contribution in [0, 0.1) is 6.92 Å². The maximum absolute atomic E-state index is 12.9. The van der Waals surface area contributed by atoms with Crippen molar-refractivity contribution in [1.29, 1.82) is 0 Å². The van der Waals surface area contributed by atoms with Gasteiger partial charge in [-0.1, -0.05) is 18.5 Å². The Hall–Kier alpha value is -2.83. The highest BCUT2D eigenvalue weighted by atomic mass is 35.5. The lowest BCUT2D eigenvalue weighted by atomic mass is 10.0. The smallest absolute Gasteiger partial charge is 0.310 e. The van der Waals surface area contributed by atoms with E-state index in [1.165, 1.54) is 0 Å². The molecule has 0 radical (unpaired) electrons. The Bertz CT molecular complexity index is 1020. The maximum Gasteiger partial charge on any atom is 0.310 e. The molecule has 2 aliphatic rings. The van der Waals surface area contributed by atoms with Crippen LogP contribution >= 0.6 is 11.6 Å². The Morgan fingerprint density at radius 2 is 2.11 bits per heavy atom. The summed E-state index contributed by atoms with van der Waals surface area (Å²) >= 11 is 6.19. The summed E-state index contributed by atoms with van der Waals surface area (Å²) in [5.74, 6) is 0.862. The van der Waals surface area contributed by atoms with Gasteiger partial charge in [0.2, 0.25) is 5.78 Å². The number of esters is 1. The zero-order valence-corrected chi connectivity index (χ0v) is 16.1. The largest absolute Gasteiger partial charge is 0.467 e. The molecule has 0 atom stereocenters. The number of hydrogen-bond donors (Lipinski definition) is 0. The van der Waals surface area contributed by atoms with Crippen LogP contribution in [0.15, 0.2) is 30.0 Å². The Morgan fingerprint density at radius 3 is 2.89 bits per heavy atom. The van der Waals surface area contributed by atoms with Gasteiger partial charge < -0.3 is 18.9 Å². The van der Waals surface area contributed by atoms with Gasteiger partial charge in [-0.3, -0.25) is 9.59 Å². The Balaban J connectivity index is 1.71. The fraction of sp³-hybridized carbons (Fsp3) is 0.238. The Labute approximate surface area is 166 Å². The molecule has 0 fully saturated rings. The van der Waals surface area contributed by atoms with Crippen LogP contribution in [0.1, 0.15) is 40.4 Å². The number of aryl methyl sites for hydroxylation is 1. The van der Waals surface area contributed by atoms with E-state index in [-0.39, 0.29) is 30.7 Å². The fourth-order valence-corrected chi connectivity index (χ4v) is 3.45. The number of halogens is 1. The third-order valence-corrected chi connectivity index (χ3v) is 4.67. The number of fused-ring (bicyclic) bond motifs is 2. The topological polar surface area (TPSA) is 71.1 Å². The van der Waals surface area contributed by atoms with Crippen molar-refractivity contribution in [3.63, 3.8) is 0 Å². The summed E-state index contributed by atoms with van der Waals surface area (Å²) in [5, 5.41) is 0.507. The first kappa shape index (κ1) is 18.5. The minimum atomic E-state index is -0.357. The van der Waals surface area contributed by atoms with Gasteiger partial charge in [0.15, 0.2) is 12.6 Å². The van der Waals surface area contributed by atoms with Gasteiger partial charge in [-0.15, -0.1) is 0 Å². The predicted molar refractivity (Wildman–Crippen MR) is 102 cm³/mol. The van der Waals surface area contributed by atoms with Crippen molar-refractivity contribution in [3.05, 3.63) is 57.3 Å². The predicted octanol–water partition coefficient (Wildman–Crippen LogP) is 4.45.